The van der Waals surface area contributed by atoms with E-state index in [0.717, 1.165) is 25.3 Å². The van der Waals surface area contributed by atoms with E-state index < -0.39 is 0 Å². The van der Waals surface area contributed by atoms with Gasteiger partial charge >= 0.3 is 0 Å². The monoisotopic (exact) mass is 225 g/mol. The standard InChI is InChI=1S/C11H19N3O2/c1-15-7-8-16-6-2-4-13-10-3-5-14-11(12)9-10/h3,5,9H,2,4,6-8H2,1H3,(H3,12,13,14). The van der Waals surface area contributed by atoms with Crippen LogP contribution in [0, 0.1) is 0 Å². The molecule has 0 saturated carbocycles. The predicted molar refractivity (Wildman–Crippen MR) is 64.5 cm³/mol. The average molecular weight is 225 g/mol. The van der Waals surface area contributed by atoms with E-state index in [4.69, 9.17) is 15.2 Å². The second-order valence-electron chi connectivity index (χ2n) is 3.35. The van der Waals surface area contributed by atoms with Crippen LogP contribution in [-0.2, 0) is 9.47 Å². The minimum atomic E-state index is 0.529. The van der Waals surface area contributed by atoms with Crippen molar-refractivity contribution in [2.75, 3.05) is 44.5 Å². The molecule has 0 saturated heterocycles. The van der Waals surface area contributed by atoms with Gasteiger partial charge in [0.15, 0.2) is 0 Å². The van der Waals surface area contributed by atoms with Crippen LogP contribution in [0.1, 0.15) is 6.42 Å². The van der Waals surface area contributed by atoms with Crippen molar-refractivity contribution in [3.05, 3.63) is 18.3 Å². The molecule has 0 aliphatic rings. The molecule has 1 aromatic rings. The van der Waals surface area contributed by atoms with E-state index in [9.17, 15) is 0 Å². The molecular weight excluding hydrogens is 206 g/mol. The number of methoxy groups -OCH3 is 1. The molecule has 0 amide bonds. The van der Waals surface area contributed by atoms with Crippen LogP contribution in [-0.4, -0.2) is 38.5 Å². The van der Waals surface area contributed by atoms with Crippen molar-refractivity contribution >= 4 is 11.5 Å². The van der Waals surface area contributed by atoms with Gasteiger partial charge in [-0.3, -0.25) is 0 Å². The second-order valence-corrected chi connectivity index (χ2v) is 3.35. The maximum Gasteiger partial charge on any atom is 0.125 e. The van der Waals surface area contributed by atoms with Gasteiger partial charge in [-0.05, 0) is 12.5 Å². The third kappa shape index (κ3) is 5.53. The van der Waals surface area contributed by atoms with E-state index in [1.807, 2.05) is 12.1 Å². The van der Waals surface area contributed by atoms with Crippen LogP contribution in [0.25, 0.3) is 0 Å². The van der Waals surface area contributed by atoms with Crippen molar-refractivity contribution < 1.29 is 9.47 Å². The summed E-state index contributed by atoms with van der Waals surface area (Å²) in [4.78, 5) is 3.92. The van der Waals surface area contributed by atoms with Crippen LogP contribution < -0.4 is 11.1 Å². The molecule has 0 radical (unpaired) electrons. The zero-order valence-corrected chi connectivity index (χ0v) is 9.61. The van der Waals surface area contributed by atoms with E-state index >= 15 is 0 Å². The Morgan fingerprint density at radius 1 is 1.38 bits per heavy atom. The van der Waals surface area contributed by atoms with Gasteiger partial charge in [-0.15, -0.1) is 0 Å². The third-order valence-electron chi connectivity index (χ3n) is 2.01. The third-order valence-corrected chi connectivity index (χ3v) is 2.01. The molecule has 0 fully saturated rings. The number of aromatic nitrogens is 1. The summed E-state index contributed by atoms with van der Waals surface area (Å²) in [6, 6.07) is 3.70. The number of ether oxygens (including phenoxy) is 2. The van der Waals surface area contributed by atoms with E-state index in [1.165, 1.54) is 0 Å². The van der Waals surface area contributed by atoms with Gasteiger partial charge in [0.25, 0.3) is 0 Å². The molecule has 1 heterocycles. The zero-order chi connectivity index (χ0) is 11.6. The molecule has 5 nitrogen and oxygen atoms in total. The predicted octanol–water partition coefficient (Wildman–Crippen LogP) is 1.13. The molecule has 5 heteroatoms. The molecule has 0 unspecified atom stereocenters. The highest BCUT2D eigenvalue weighted by Crippen LogP contribution is 2.08. The lowest BCUT2D eigenvalue weighted by molar-refractivity contribution is 0.0705. The van der Waals surface area contributed by atoms with Crippen LogP contribution in [0.5, 0.6) is 0 Å². The van der Waals surface area contributed by atoms with Gasteiger partial charge in [0, 0.05) is 38.2 Å². The summed E-state index contributed by atoms with van der Waals surface area (Å²) in [5, 5.41) is 3.25. The van der Waals surface area contributed by atoms with Crippen LogP contribution in [0.15, 0.2) is 18.3 Å². The Morgan fingerprint density at radius 3 is 3.00 bits per heavy atom. The Balaban J connectivity index is 2.03. The molecule has 0 spiro atoms. The SMILES string of the molecule is COCCOCCCNc1ccnc(N)c1. The van der Waals surface area contributed by atoms with Crippen molar-refractivity contribution in [1.29, 1.82) is 0 Å². The summed E-state index contributed by atoms with van der Waals surface area (Å²) >= 11 is 0. The molecule has 0 atom stereocenters. The van der Waals surface area contributed by atoms with Crippen molar-refractivity contribution in [2.24, 2.45) is 0 Å². The highest BCUT2D eigenvalue weighted by molar-refractivity contribution is 5.49. The maximum atomic E-state index is 5.55. The lowest BCUT2D eigenvalue weighted by atomic mass is 10.3. The van der Waals surface area contributed by atoms with E-state index in [0.29, 0.717) is 19.0 Å². The number of anilines is 2. The fourth-order valence-electron chi connectivity index (χ4n) is 1.21. The Kier molecular flexibility index (Phi) is 6.29. The van der Waals surface area contributed by atoms with Crippen molar-refractivity contribution in [3.8, 4) is 0 Å². The summed E-state index contributed by atoms with van der Waals surface area (Å²) in [5.41, 5.74) is 6.54. The molecule has 1 rings (SSSR count). The lowest BCUT2D eigenvalue weighted by Gasteiger charge is -2.07. The second kappa shape index (κ2) is 7.90. The first kappa shape index (κ1) is 12.7. The van der Waals surface area contributed by atoms with Gasteiger partial charge in [0.2, 0.25) is 0 Å². The van der Waals surface area contributed by atoms with E-state index in [1.54, 1.807) is 13.3 Å². The van der Waals surface area contributed by atoms with E-state index in [-0.39, 0.29) is 0 Å². The molecule has 0 bridgehead atoms. The minimum absolute atomic E-state index is 0.529. The van der Waals surface area contributed by atoms with Crippen molar-refractivity contribution in [3.63, 3.8) is 0 Å². The highest BCUT2D eigenvalue weighted by Gasteiger charge is 1.93. The summed E-state index contributed by atoms with van der Waals surface area (Å²) < 4.78 is 10.2. The summed E-state index contributed by atoms with van der Waals surface area (Å²) in [7, 11) is 1.67. The summed E-state index contributed by atoms with van der Waals surface area (Å²) in [6.45, 7) is 2.89. The van der Waals surface area contributed by atoms with Crippen LogP contribution in [0.2, 0.25) is 0 Å². The first-order chi connectivity index (χ1) is 7.83. The summed E-state index contributed by atoms with van der Waals surface area (Å²) in [6.07, 6.45) is 2.64. The lowest BCUT2D eigenvalue weighted by Crippen LogP contribution is -2.08. The normalized spacial score (nSPS) is 10.3. The number of hydrogen-bond donors (Lipinski definition) is 2. The molecule has 0 aliphatic heterocycles. The van der Waals surface area contributed by atoms with Crippen molar-refractivity contribution in [2.45, 2.75) is 6.42 Å². The Labute approximate surface area is 96.0 Å². The fraction of sp³-hybridized carbons (Fsp3) is 0.545. The Morgan fingerprint density at radius 2 is 2.25 bits per heavy atom. The summed E-state index contributed by atoms with van der Waals surface area (Å²) in [5.74, 6) is 0.529. The Bertz CT molecular complexity index is 294. The fourth-order valence-corrected chi connectivity index (χ4v) is 1.21. The number of nitrogens with two attached hydrogens (primary N) is 1. The number of nitrogens with zero attached hydrogens (tertiary/aromatic N) is 1. The molecule has 3 N–H and O–H groups in total. The quantitative estimate of drug-likeness (QED) is 0.649. The molecule has 0 aromatic carbocycles. The molecular formula is C11H19N3O2. The van der Waals surface area contributed by atoms with Gasteiger partial charge in [0.05, 0.1) is 13.2 Å². The maximum absolute atomic E-state index is 5.55. The van der Waals surface area contributed by atoms with Crippen LogP contribution >= 0.6 is 0 Å². The van der Waals surface area contributed by atoms with Gasteiger partial charge in [-0.2, -0.15) is 0 Å². The number of pyridine rings is 1. The van der Waals surface area contributed by atoms with Gasteiger partial charge in [-0.1, -0.05) is 0 Å². The first-order valence-electron chi connectivity index (χ1n) is 5.35. The highest BCUT2D eigenvalue weighted by atomic mass is 16.5. The largest absolute Gasteiger partial charge is 0.385 e. The smallest absolute Gasteiger partial charge is 0.125 e. The van der Waals surface area contributed by atoms with Crippen molar-refractivity contribution in [1.82, 2.24) is 4.98 Å². The molecule has 1 aromatic heterocycles. The number of hydrogen-bond acceptors (Lipinski definition) is 5. The minimum Gasteiger partial charge on any atom is -0.385 e. The van der Waals surface area contributed by atoms with E-state index in [2.05, 4.69) is 10.3 Å². The molecule has 0 aliphatic carbocycles. The average Bonchev–Trinajstić information content (AvgIpc) is 2.28. The molecule has 16 heavy (non-hydrogen) atoms. The zero-order valence-electron chi connectivity index (χ0n) is 9.61. The van der Waals surface area contributed by atoms with Gasteiger partial charge in [0.1, 0.15) is 5.82 Å². The Hall–Kier alpha value is -1.33. The van der Waals surface area contributed by atoms with Crippen LogP contribution in [0.4, 0.5) is 11.5 Å². The number of rotatable bonds is 8. The molecule has 90 valence electrons. The van der Waals surface area contributed by atoms with Gasteiger partial charge < -0.3 is 20.5 Å². The van der Waals surface area contributed by atoms with Crippen LogP contribution in [0.3, 0.4) is 0 Å². The topological polar surface area (TPSA) is 69.4 Å². The number of nitrogen functional groups attached to an aromatic ring is 1. The first-order valence-corrected chi connectivity index (χ1v) is 5.35. The van der Waals surface area contributed by atoms with Gasteiger partial charge in [-0.25, -0.2) is 4.98 Å². The number of nitrogens with one attached hydrogen (secondary N) is 1.